The summed E-state index contributed by atoms with van der Waals surface area (Å²) in [6.45, 7) is 0. The van der Waals surface area contributed by atoms with E-state index in [1.165, 1.54) is 12.1 Å². The maximum absolute atomic E-state index is 12.6. The van der Waals surface area contributed by atoms with Crippen LogP contribution in [0.5, 0.6) is 0 Å². The van der Waals surface area contributed by atoms with E-state index in [1.54, 1.807) is 12.1 Å². The number of hydrogen-bond donors (Lipinski definition) is 2. The quantitative estimate of drug-likeness (QED) is 0.710. The van der Waals surface area contributed by atoms with E-state index in [0.717, 1.165) is 17.7 Å². The highest BCUT2D eigenvalue weighted by Gasteiger charge is 2.06. The maximum atomic E-state index is 12.6. The Morgan fingerprint density at radius 2 is 2.00 bits per heavy atom. The van der Waals surface area contributed by atoms with Crippen LogP contribution in [0.15, 0.2) is 24.3 Å². The molecule has 1 aromatic carbocycles. The summed E-state index contributed by atoms with van der Waals surface area (Å²) < 4.78 is 12.6. The van der Waals surface area contributed by atoms with Gasteiger partial charge in [-0.25, -0.2) is 4.39 Å². The third kappa shape index (κ3) is 3.01. The van der Waals surface area contributed by atoms with Crippen molar-refractivity contribution in [3.63, 3.8) is 0 Å². The molecule has 1 N–H and O–H groups in total. The summed E-state index contributed by atoms with van der Waals surface area (Å²) in [6.07, 6.45) is 0.950. The number of halogens is 1. The van der Waals surface area contributed by atoms with Crippen molar-refractivity contribution in [2.24, 2.45) is 0 Å². The fourth-order valence-corrected chi connectivity index (χ4v) is 1.56. The van der Waals surface area contributed by atoms with E-state index in [-0.39, 0.29) is 11.9 Å². The van der Waals surface area contributed by atoms with E-state index < -0.39 is 0 Å². The van der Waals surface area contributed by atoms with Crippen LogP contribution in [0.25, 0.3) is 0 Å². The van der Waals surface area contributed by atoms with Crippen LogP contribution >= 0.6 is 12.6 Å². The van der Waals surface area contributed by atoms with E-state index in [4.69, 9.17) is 0 Å². The summed E-state index contributed by atoms with van der Waals surface area (Å²) in [5, 5.41) is 3.17. The van der Waals surface area contributed by atoms with Crippen molar-refractivity contribution >= 4 is 12.6 Å². The zero-order valence-electron chi connectivity index (χ0n) is 7.63. The minimum Gasteiger partial charge on any atom is -0.313 e. The molecule has 0 aliphatic rings. The van der Waals surface area contributed by atoms with E-state index in [1.807, 2.05) is 7.05 Å². The highest BCUT2D eigenvalue weighted by atomic mass is 32.1. The molecule has 1 aromatic rings. The maximum Gasteiger partial charge on any atom is 0.123 e. The Bertz CT molecular complexity index is 248. The van der Waals surface area contributed by atoms with Crippen LogP contribution in [-0.4, -0.2) is 12.8 Å². The summed E-state index contributed by atoms with van der Waals surface area (Å²) in [6, 6.07) is 6.86. The van der Waals surface area contributed by atoms with Gasteiger partial charge >= 0.3 is 0 Å². The molecule has 1 atom stereocenters. The number of nitrogens with one attached hydrogen (secondary N) is 1. The molecule has 0 fully saturated rings. The van der Waals surface area contributed by atoms with E-state index >= 15 is 0 Å². The average molecular weight is 199 g/mol. The van der Waals surface area contributed by atoms with Gasteiger partial charge in [-0.3, -0.25) is 0 Å². The third-order valence-electron chi connectivity index (χ3n) is 2.04. The highest BCUT2D eigenvalue weighted by Crippen LogP contribution is 2.16. The Morgan fingerprint density at radius 1 is 1.38 bits per heavy atom. The molecule has 3 heteroatoms. The molecule has 0 bridgehead atoms. The van der Waals surface area contributed by atoms with Crippen molar-refractivity contribution in [1.29, 1.82) is 0 Å². The van der Waals surface area contributed by atoms with Crippen molar-refractivity contribution in [3.8, 4) is 0 Å². The Morgan fingerprint density at radius 3 is 2.46 bits per heavy atom. The molecule has 1 nitrogen and oxygen atoms in total. The lowest BCUT2D eigenvalue weighted by Crippen LogP contribution is -2.16. The van der Waals surface area contributed by atoms with Crippen LogP contribution in [-0.2, 0) is 0 Å². The number of rotatable bonds is 4. The van der Waals surface area contributed by atoms with Crippen molar-refractivity contribution in [3.05, 3.63) is 35.6 Å². The van der Waals surface area contributed by atoms with E-state index in [9.17, 15) is 4.39 Å². The molecular weight excluding hydrogens is 185 g/mol. The monoisotopic (exact) mass is 199 g/mol. The number of hydrogen-bond acceptors (Lipinski definition) is 2. The molecule has 0 saturated heterocycles. The summed E-state index contributed by atoms with van der Waals surface area (Å²) in [4.78, 5) is 0. The molecule has 1 unspecified atom stereocenters. The summed E-state index contributed by atoms with van der Waals surface area (Å²) in [5.74, 6) is 0.632. The lowest BCUT2D eigenvalue weighted by atomic mass is 10.1. The first-order valence-corrected chi connectivity index (χ1v) is 4.94. The molecule has 0 spiro atoms. The molecule has 0 amide bonds. The molecule has 0 saturated carbocycles. The zero-order chi connectivity index (χ0) is 9.68. The van der Waals surface area contributed by atoms with Gasteiger partial charge in [0.1, 0.15) is 5.82 Å². The van der Waals surface area contributed by atoms with Gasteiger partial charge in [-0.1, -0.05) is 12.1 Å². The number of thiol groups is 1. The van der Waals surface area contributed by atoms with Crippen LogP contribution in [0, 0.1) is 5.82 Å². The predicted octanol–water partition coefficient (Wildman–Crippen LogP) is 2.41. The lowest BCUT2D eigenvalue weighted by molar-refractivity contribution is 0.577. The van der Waals surface area contributed by atoms with Gasteiger partial charge in [0.25, 0.3) is 0 Å². The molecule has 0 heterocycles. The Balaban J connectivity index is 2.73. The fraction of sp³-hybridized carbons (Fsp3) is 0.400. The predicted molar refractivity (Wildman–Crippen MR) is 56.7 cm³/mol. The Labute approximate surface area is 83.8 Å². The van der Waals surface area contributed by atoms with Crippen molar-refractivity contribution < 1.29 is 4.39 Å². The largest absolute Gasteiger partial charge is 0.313 e. The second kappa shape index (κ2) is 5.25. The molecule has 1 rings (SSSR count). The molecule has 0 aliphatic carbocycles. The van der Waals surface area contributed by atoms with Gasteiger partial charge in [0.05, 0.1) is 0 Å². The van der Waals surface area contributed by atoms with E-state index in [2.05, 4.69) is 17.9 Å². The average Bonchev–Trinajstić information content (AvgIpc) is 2.16. The van der Waals surface area contributed by atoms with Gasteiger partial charge in [-0.05, 0) is 36.9 Å². The first-order chi connectivity index (χ1) is 6.27. The first-order valence-electron chi connectivity index (χ1n) is 4.31. The minimum atomic E-state index is -0.190. The summed E-state index contributed by atoms with van der Waals surface area (Å²) in [5.41, 5.74) is 1.11. The highest BCUT2D eigenvalue weighted by molar-refractivity contribution is 7.80. The van der Waals surface area contributed by atoms with Crippen molar-refractivity contribution in [2.75, 3.05) is 12.8 Å². The van der Waals surface area contributed by atoms with Gasteiger partial charge in [0.2, 0.25) is 0 Å². The number of benzene rings is 1. The van der Waals surface area contributed by atoms with Crippen LogP contribution in [0.3, 0.4) is 0 Å². The fourth-order valence-electron chi connectivity index (χ4n) is 1.30. The molecule has 13 heavy (non-hydrogen) atoms. The SMILES string of the molecule is CNC(CCS)c1ccc(F)cc1. The second-order valence-corrected chi connectivity index (χ2v) is 3.35. The minimum absolute atomic E-state index is 0.190. The van der Waals surface area contributed by atoms with Crippen LogP contribution in [0.2, 0.25) is 0 Å². The van der Waals surface area contributed by atoms with Gasteiger partial charge in [-0.2, -0.15) is 12.6 Å². The second-order valence-electron chi connectivity index (χ2n) is 2.91. The van der Waals surface area contributed by atoms with Gasteiger partial charge in [-0.15, -0.1) is 0 Å². The molecular formula is C10H14FNS. The topological polar surface area (TPSA) is 12.0 Å². The van der Waals surface area contributed by atoms with Crippen LogP contribution in [0.1, 0.15) is 18.0 Å². The Kier molecular flexibility index (Phi) is 4.25. The van der Waals surface area contributed by atoms with Crippen LogP contribution < -0.4 is 5.32 Å². The third-order valence-corrected chi connectivity index (χ3v) is 2.30. The van der Waals surface area contributed by atoms with E-state index in [0.29, 0.717) is 0 Å². The molecule has 0 radical (unpaired) electrons. The van der Waals surface area contributed by atoms with Gasteiger partial charge in [0.15, 0.2) is 0 Å². The summed E-state index contributed by atoms with van der Waals surface area (Å²) >= 11 is 4.17. The molecule has 0 aliphatic heterocycles. The lowest BCUT2D eigenvalue weighted by Gasteiger charge is -2.14. The van der Waals surface area contributed by atoms with Crippen LogP contribution in [0.4, 0.5) is 4.39 Å². The van der Waals surface area contributed by atoms with Gasteiger partial charge in [0, 0.05) is 6.04 Å². The smallest absolute Gasteiger partial charge is 0.123 e. The van der Waals surface area contributed by atoms with Crippen molar-refractivity contribution in [2.45, 2.75) is 12.5 Å². The van der Waals surface area contributed by atoms with Gasteiger partial charge < -0.3 is 5.32 Å². The van der Waals surface area contributed by atoms with Crippen molar-refractivity contribution in [1.82, 2.24) is 5.32 Å². The normalized spacial score (nSPS) is 12.8. The Hall–Kier alpha value is -0.540. The zero-order valence-corrected chi connectivity index (χ0v) is 8.52. The first kappa shape index (κ1) is 10.5. The molecule has 0 aromatic heterocycles. The summed E-state index contributed by atoms with van der Waals surface area (Å²) in [7, 11) is 1.90. The molecule has 72 valence electrons. The standard InChI is InChI=1S/C10H14FNS/c1-12-10(6-7-13)8-2-4-9(11)5-3-8/h2-5,10,12-13H,6-7H2,1H3.